The number of methoxy groups -OCH3 is 1. The molecule has 10 nitrogen and oxygen atoms in total. The van der Waals surface area contributed by atoms with E-state index in [-0.39, 0.29) is 23.2 Å². The fraction of sp³-hybridized carbons (Fsp3) is 0.812. The third-order valence-corrected chi connectivity index (χ3v) is 8.71. The van der Waals surface area contributed by atoms with Gasteiger partial charge in [-0.25, -0.2) is 0 Å². The van der Waals surface area contributed by atoms with Crippen LogP contribution < -0.4 is 4.89 Å². The number of phosphoric acid groups is 1. The van der Waals surface area contributed by atoms with Gasteiger partial charge in [0, 0.05) is 13.5 Å². The zero-order valence-corrected chi connectivity index (χ0v) is 28.1. The number of allylic oxidation sites excluding steroid dienone is 2. The van der Waals surface area contributed by atoms with Gasteiger partial charge in [0.25, 0.3) is 7.82 Å². The predicted molar refractivity (Wildman–Crippen MR) is 166 cm³/mol. The van der Waals surface area contributed by atoms with Gasteiger partial charge in [0.05, 0.1) is 40.5 Å². The maximum Gasteiger partial charge on any atom is 0.268 e. The number of unbranched alkanes of at least 4 members (excludes halogenated alkanes) is 12. The van der Waals surface area contributed by atoms with Crippen molar-refractivity contribution in [2.24, 2.45) is 5.41 Å². The van der Waals surface area contributed by atoms with Crippen LogP contribution in [0.3, 0.4) is 0 Å². The van der Waals surface area contributed by atoms with Gasteiger partial charge in [-0.05, 0) is 6.42 Å². The van der Waals surface area contributed by atoms with Crippen molar-refractivity contribution in [3.63, 3.8) is 0 Å². The highest BCUT2D eigenvalue weighted by Gasteiger charge is 2.53. The summed E-state index contributed by atoms with van der Waals surface area (Å²) < 4.78 is 28.4. The molecule has 0 aromatic rings. The van der Waals surface area contributed by atoms with Crippen LogP contribution in [0.5, 0.6) is 0 Å². The minimum Gasteiger partial charge on any atom is -0.756 e. The Morgan fingerprint density at radius 1 is 0.953 bits per heavy atom. The number of ketones is 2. The second-order valence-electron chi connectivity index (χ2n) is 12.7. The second kappa shape index (κ2) is 20.7. The largest absolute Gasteiger partial charge is 0.756 e. The lowest BCUT2D eigenvalue weighted by molar-refractivity contribution is -0.872. The van der Waals surface area contributed by atoms with Gasteiger partial charge in [0.15, 0.2) is 17.7 Å². The molecule has 1 rings (SSSR count). The Balaban J connectivity index is 2.85. The topological polar surface area (TPSA) is 142 Å². The van der Waals surface area contributed by atoms with Crippen LogP contribution in [-0.2, 0) is 27.9 Å². The molecule has 0 spiro atoms. The lowest BCUT2D eigenvalue weighted by atomic mass is 9.69. The van der Waals surface area contributed by atoms with Crippen molar-refractivity contribution in [1.29, 1.82) is 0 Å². The van der Waals surface area contributed by atoms with Gasteiger partial charge < -0.3 is 33.4 Å². The normalized spacial score (nSPS) is 21.4. The summed E-state index contributed by atoms with van der Waals surface area (Å²) in [6.45, 7) is 0.730. The number of likely N-dealkylation sites (N-methyl/N-ethyl adjacent to an activating group) is 1. The second-order valence-corrected chi connectivity index (χ2v) is 14.1. The third-order valence-electron chi connectivity index (χ3n) is 7.73. The number of ether oxygens (including phenoxy) is 1. The minimum atomic E-state index is -5.09. The molecule has 0 saturated heterocycles. The summed E-state index contributed by atoms with van der Waals surface area (Å²) in [5, 5.41) is 18.5. The predicted octanol–water partition coefficient (Wildman–Crippen LogP) is 4.66. The van der Waals surface area contributed by atoms with E-state index < -0.39 is 50.5 Å². The zero-order chi connectivity index (χ0) is 32.4. The van der Waals surface area contributed by atoms with Crippen molar-refractivity contribution >= 4 is 19.4 Å². The molecule has 1 aliphatic carbocycles. The molecule has 0 aliphatic heterocycles. The van der Waals surface area contributed by atoms with E-state index in [0.717, 1.165) is 19.3 Å². The molecule has 0 bridgehead atoms. The summed E-state index contributed by atoms with van der Waals surface area (Å²) in [5.74, 6) is -1.07. The first-order valence-electron chi connectivity index (χ1n) is 16.0. The molecule has 0 aromatic carbocycles. The smallest absolute Gasteiger partial charge is 0.268 e. The summed E-state index contributed by atoms with van der Waals surface area (Å²) >= 11 is 0. The lowest BCUT2D eigenvalue weighted by Gasteiger charge is -2.40. The van der Waals surface area contributed by atoms with E-state index in [4.69, 9.17) is 18.9 Å². The molecule has 0 saturated carbocycles. The highest BCUT2D eigenvalue weighted by molar-refractivity contribution is 7.45. The summed E-state index contributed by atoms with van der Waals surface area (Å²) in [6.07, 6.45) is 17.8. The minimum absolute atomic E-state index is 0.0707. The van der Waals surface area contributed by atoms with Crippen molar-refractivity contribution in [2.75, 3.05) is 48.0 Å². The number of rotatable bonds is 26. The number of carbonyl (C=O) groups is 2. The van der Waals surface area contributed by atoms with E-state index in [9.17, 15) is 24.2 Å². The van der Waals surface area contributed by atoms with Crippen LogP contribution in [0.2, 0.25) is 0 Å². The Kier molecular flexibility index (Phi) is 19.2. The van der Waals surface area contributed by atoms with E-state index in [0.29, 0.717) is 6.42 Å². The lowest BCUT2D eigenvalue weighted by Crippen LogP contribution is -2.56. The maximum atomic E-state index is 14.2. The molecule has 0 radical (unpaired) electrons. The van der Waals surface area contributed by atoms with E-state index in [1.807, 2.05) is 0 Å². The molecular formula is C32H58NO9P. The van der Waals surface area contributed by atoms with Crippen molar-refractivity contribution in [3.05, 3.63) is 24.3 Å². The van der Waals surface area contributed by atoms with Crippen molar-refractivity contribution in [2.45, 2.75) is 115 Å². The summed E-state index contributed by atoms with van der Waals surface area (Å²) in [7, 11) is 1.61. The highest BCUT2D eigenvalue weighted by atomic mass is 31.2. The summed E-state index contributed by atoms with van der Waals surface area (Å²) in [6, 6.07) is 0. The molecule has 0 aromatic heterocycles. The van der Waals surface area contributed by atoms with Crippen LogP contribution in [0.25, 0.3) is 0 Å². The third kappa shape index (κ3) is 15.1. The Hall–Kier alpha value is -1.23. The number of Topliss-reactive ketones (excluding diaryl/α,β-unsaturated/α-hetero) is 2. The number of hydrogen-bond acceptors (Lipinski definition) is 9. The quantitative estimate of drug-likeness (QED) is 0.0603. The van der Waals surface area contributed by atoms with E-state index >= 15 is 0 Å². The SMILES string of the molecule is CCCCCCCCCCCCCCCC(=O)C1(C(=O)C(C[N+](C)(C)C)OP(=O)([O-])OC[C@H](O)CO)C=CC=CC1OC. The van der Waals surface area contributed by atoms with Gasteiger partial charge in [-0.1, -0.05) is 108 Å². The zero-order valence-electron chi connectivity index (χ0n) is 27.2. The van der Waals surface area contributed by atoms with Crippen LogP contribution in [0, 0.1) is 5.41 Å². The van der Waals surface area contributed by atoms with Gasteiger partial charge in [0.2, 0.25) is 0 Å². The highest BCUT2D eigenvalue weighted by Crippen LogP contribution is 2.44. The fourth-order valence-electron chi connectivity index (χ4n) is 5.35. The molecule has 0 fully saturated rings. The fourth-order valence-corrected chi connectivity index (χ4v) is 6.24. The van der Waals surface area contributed by atoms with Crippen LogP contribution in [0.15, 0.2) is 24.3 Å². The van der Waals surface area contributed by atoms with Crippen molar-refractivity contribution in [3.8, 4) is 0 Å². The van der Waals surface area contributed by atoms with Crippen LogP contribution in [0.1, 0.15) is 96.8 Å². The molecule has 5 atom stereocenters. The van der Waals surface area contributed by atoms with E-state index in [1.54, 1.807) is 39.4 Å². The number of carbonyl (C=O) groups excluding carboxylic acids is 2. The van der Waals surface area contributed by atoms with Crippen LogP contribution >= 0.6 is 7.82 Å². The molecular weight excluding hydrogens is 573 g/mol. The van der Waals surface area contributed by atoms with Gasteiger partial charge in [-0.2, -0.15) is 0 Å². The molecule has 2 N–H and O–H groups in total. The van der Waals surface area contributed by atoms with Crippen LogP contribution in [-0.4, -0.2) is 92.6 Å². The first-order chi connectivity index (χ1) is 20.3. The van der Waals surface area contributed by atoms with E-state index in [2.05, 4.69) is 6.92 Å². The monoisotopic (exact) mass is 631 g/mol. The Labute approximate surface area is 259 Å². The standard InChI is InChI=1S/C32H58NO9P/c1-6-7-8-9-10-11-12-13-14-15-16-17-18-21-29(36)32(23-20-19-22-30(32)40-5)31(37)28(24-33(2,3)4)42-43(38,39)41-26-27(35)25-34/h19-20,22-23,27-28,30,34-35H,6-18,21,24-26H2,1-5H3/t27-,28?,30?,32?/m1/s1. The maximum absolute atomic E-state index is 14.2. The number of aliphatic hydroxyl groups is 2. The molecule has 4 unspecified atom stereocenters. The average Bonchev–Trinajstić information content (AvgIpc) is 2.96. The number of hydrogen-bond donors (Lipinski definition) is 2. The van der Waals surface area contributed by atoms with Crippen molar-refractivity contribution in [1.82, 2.24) is 0 Å². The molecule has 11 heteroatoms. The first-order valence-corrected chi connectivity index (χ1v) is 17.5. The molecule has 1 aliphatic rings. The molecule has 43 heavy (non-hydrogen) atoms. The van der Waals surface area contributed by atoms with Gasteiger partial charge in [0.1, 0.15) is 18.1 Å². The first kappa shape index (κ1) is 39.8. The van der Waals surface area contributed by atoms with Gasteiger partial charge >= 0.3 is 0 Å². The molecule has 0 amide bonds. The molecule has 250 valence electrons. The Morgan fingerprint density at radius 3 is 1.98 bits per heavy atom. The summed E-state index contributed by atoms with van der Waals surface area (Å²) in [5.41, 5.74) is -1.76. The van der Waals surface area contributed by atoms with Gasteiger partial charge in [-0.3, -0.25) is 14.2 Å². The number of phosphoric ester groups is 1. The van der Waals surface area contributed by atoms with Crippen LogP contribution in [0.4, 0.5) is 0 Å². The average molecular weight is 632 g/mol. The number of aliphatic hydroxyl groups excluding tert-OH is 2. The Bertz CT molecular complexity index is 917. The van der Waals surface area contributed by atoms with Gasteiger partial charge in [-0.15, -0.1) is 0 Å². The van der Waals surface area contributed by atoms with Crippen molar-refractivity contribution < 1.29 is 47.5 Å². The summed E-state index contributed by atoms with van der Waals surface area (Å²) in [4.78, 5) is 40.7. The number of quaternary nitrogens is 1. The number of nitrogens with zero attached hydrogens (tertiary/aromatic N) is 1. The Morgan fingerprint density at radius 2 is 1.49 bits per heavy atom. The molecule has 0 heterocycles. The van der Waals surface area contributed by atoms with E-state index in [1.165, 1.54) is 71.0 Å².